The van der Waals surface area contributed by atoms with E-state index in [1.807, 2.05) is 18.2 Å². The number of fused-ring (bicyclic) bond motifs is 1. The third-order valence-electron chi connectivity index (χ3n) is 3.54. The lowest BCUT2D eigenvalue weighted by atomic mass is 10.1. The SMILES string of the molecule is Cc1ccc(CNc2ccc3nccnc3c2)cc1C. The van der Waals surface area contributed by atoms with E-state index >= 15 is 0 Å². The number of aromatic nitrogens is 2. The van der Waals surface area contributed by atoms with E-state index in [9.17, 15) is 0 Å². The van der Waals surface area contributed by atoms with Crippen LogP contribution < -0.4 is 5.32 Å². The van der Waals surface area contributed by atoms with E-state index < -0.39 is 0 Å². The summed E-state index contributed by atoms with van der Waals surface area (Å²) < 4.78 is 0. The van der Waals surface area contributed by atoms with Gasteiger partial charge in [0.05, 0.1) is 11.0 Å². The average Bonchev–Trinajstić information content (AvgIpc) is 2.48. The second kappa shape index (κ2) is 5.29. The van der Waals surface area contributed by atoms with Crippen LogP contribution in [0.3, 0.4) is 0 Å². The molecule has 1 heterocycles. The molecule has 0 spiro atoms. The van der Waals surface area contributed by atoms with Crippen LogP contribution in [0, 0.1) is 13.8 Å². The van der Waals surface area contributed by atoms with E-state index in [1.54, 1.807) is 12.4 Å². The normalized spacial score (nSPS) is 10.7. The van der Waals surface area contributed by atoms with Crippen LogP contribution in [0.5, 0.6) is 0 Å². The second-order valence-electron chi connectivity index (χ2n) is 5.03. The van der Waals surface area contributed by atoms with Crippen LogP contribution in [0.1, 0.15) is 16.7 Å². The standard InChI is InChI=1S/C17H17N3/c1-12-3-4-14(9-13(12)2)11-20-15-5-6-16-17(10-15)19-8-7-18-16/h3-10,20H,11H2,1-2H3. The van der Waals surface area contributed by atoms with Gasteiger partial charge in [0.15, 0.2) is 0 Å². The number of nitrogens with zero attached hydrogens (tertiary/aromatic N) is 2. The first kappa shape index (κ1) is 12.6. The molecule has 0 saturated heterocycles. The van der Waals surface area contributed by atoms with Gasteiger partial charge < -0.3 is 5.32 Å². The molecule has 0 aliphatic rings. The Kier molecular flexibility index (Phi) is 3.33. The van der Waals surface area contributed by atoms with E-state index in [2.05, 4.69) is 47.3 Å². The molecule has 0 amide bonds. The maximum absolute atomic E-state index is 4.32. The Bertz CT molecular complexity index is 750. The molecule has 0 aliphatic carbocycles. The lowest BCUT2D eigenvalue weighted by Crippen LogP contribution is -2.00. The van der Waals surface area contributed by atoms with E-state index in [-0.39, 0.29) is 0 Å². The third kappa shape index (κ3) is 2.62. The van der Waals surface area contributed by atoms with Gasteiger partial charge in [-0.1, -0.05) is 18.2 Å². The molecular weight excluding hydrogens is 246 g/mol. The minimum Gasteiger partial charge on any atom is -0.381 e. The predicted molar refractivity (Wildman–Crippen MR) is 82.8 cm³/mol. The maximum Gasteiger partial charge on any atom is 0.0907 e. The first-order chi connectivity index (χ1) is 9.72. The van der Waals surface area contributed by atoms with Gasteiger partial charge in [0, 0.05) is 24.6 Å². The summed E-state index contributed by atoms with van der Waals surface area (Å²) in [6.07, 6.45) is 3.43. The van der Waals surface area contributed by atoms with E-state index in [4.69, 9.17) is 0 Å². The number of benzene rings is 2. The molecule has 0 saturated carbocycles. The van der Waals surface area contributed by atoms with E-state index in [1.165, 1.54) is 16.7 Å². The third-order valence-corrected chi connectivity index (χ3v) is 3.54. The van der Waals surface area contributed by atoms with Crippen LogP contribution in [-0.4, -0.2) is 9.97 Å². The molecule has 0 fully saturated rings. The van der Waals surface area contributed by atoms with Crippen LogP contribution in [0.15, 0.2) is 48.8 Å². The number of rotatable bonds is 3. The monoisotopic (exact) mass is 263 g/mol. The Labute approximate surface area is 118 Å². The van der Waals surface area contributed by atoms with Crippen LogP contribution in [-0.2, 0) is 6.54 Å². The molecule has 100 valence electrons. The molecular formula is C17H17N3. The Morgan fingerprint density at radius 2 is 1.65 bits per heavy atom. The zero-order valence-electron chi connectivity index (χ0n) is 11.7. The summed E-state index contributed by atoms with van der Waals surface area (Å²) >= 11 is 0. The Morgan fingerprint density at radius 3 is 2.45 bits per heavy atom. The summed E-state index contributed by atoms with van der Waals surface area (Å²) in [7, 11) is 0. The van der Waals surface area contributed by atoms with Gasteiger partial charge in [-0.3, -0.25) is 9.97 Å². The number of aryl methyl sites for hydroxylation is 2. The van der Waals surface area contributed by atoms with Crippen LogP contribution in [0.2, 0.25) is 0 Å². The zero-order valence-corrected chi connectivity index (χ0v) is 11.7. The average molecular weight is 263 g/mol. The summed E-state index contributed by atoms with van der Waals surface area (Å²) in [6, 6.07) is 12.6. The number of nitrogens with one attached hydrogen (secondary N) is 1. The lowest BCUT2D eigenvalue weighted by Gasteiger charge is -2.09. The summed E-state index contributed by atoms with van der Waals surface area (Å²) in [4.78, 5) is 8.59. The van der Waals surface area contributed by atoms with Gasteiger partial charge in [-0.15, -0.1) is 0 Å². The quantitative estimate of drug-likeness (QED) is 0.779. The molecule has 0 aliphatic heterocycles. The number of anilines is 1. The zero-order chi connectivity index (χ0) is 13.9. The van der Waals surface area contributed by atoms with Gasteiger partial charge in [0.2, 0.25) is 0 Å². The van der Waals surface area contributed by atoms with Gasteiger partial charge >= 0.3 is 0 Å². The molecule has 3 rings (SSSR count). The van der Waals surface area contributed by atoms with Crippen molar-refractivity contribution in [1.29, 1.82) is 0 Å². The first-order valence-corrected chi connectivity index (χ1v) is 6.73. The molecule has 1 N–H and O–H groups in total. The minimum atomic E-state index is 0.812. The molecule has 0 atom stereocenters. The van der Waals surface area contributed by atoms with E-state index in [0.717, 1.165) is 23.3 Å². The van der Waals surface area contributed by atoms with Crippen molar-refractivity contribution >= 4 is 16.7 Å². The van der Waals surface area contributed by atoms with Crippen molar-refractivity contribution in [3.8, 4) is 0 Å². The Morgan fingerprint density at radius 1 is 0.850 bits per heavy atom. The second-order valence-corrected chi connectivity index (χ2v) is 5.03. The lowest BCUT2D eigenvalue weighted by molar-refractivity contribution is 1.13. The van der Waals surface area contributed by atoms with E-state index in [0.29, 0.717) is 0 Å². The fourth-order valence-electron chi connectivity index (χ4n) is 2.19. The van der Waals surface area contributed by atoms with Crippen molar-refractivity contribution in [2.45, 2.75) is 20.4 Å². The van der Waals surface area contributed by atoms with Gasteiger partial charge in [0.1, 0.15) is 0 Å². The molecule has 2 aromatic carbocycles. The highest BCUT2D eigenvalue weighted by atomic mass is 14.9. The smallest absolute Gasteiger partial charge is 0.0907 e. The topological polar surface area (TPSA) is 37.8 Å². The fraction of sp³-hybridized carbons (Fsp3) is 0.176. The maximum atomic E-state index is 4.32. The number of hydrogen-bond donors (Lipinski definition) is 1. The highest BCUT2D eigenvalue weighted by molar-refractivity contribution is 5.78. The van der Waals surface area contributed by atoms with Crippen molar-refractivity contribution < 1.29 is 0 Å². The molecule has 3 nitrogen and oxygen atoms in total. The van der Waals surface area contributed by atoms with Crippen LogP contribution >= 0.6 is 0 Å². The number of hydrogen-bond acceptors (Lipinski definition) is 3. The molecule has 0 bridgehead atoms. The fourth-order valence-corrected chi connectivity index (χ4v) is 2.19. The van der Waals surface area contributed by atoms with Gasteiger partial charge in [-0.25, -0.2) is 0 Å². The molecule has 3 heteroatoms. The van der Waals surface area contributed by atoms with Crippen molar-refractivity contribution in [3.63, 3.8) is 0 Å². The van der Waals surface area contributed by atoms with Gasteiger partial charge in [-0.2, -0.15) is 0 Å². The summed E-state index contributed by atoms with van der Waals surface area (Å²) in [5.41, 5.74) is 6.84. The molecule has 20 heavy (non-hydrogen) atoms. The molecule has 3 aromatic rings. The van der Waals surface area contributed by atoms with Gasteiger partial charge in [0.25, 0.3) is 0 Å². The molecule has 0 radical (unpaired) electrons. The predicted octanol–water partition coefficient (Wildman–Crippen LogP) is 3.86. The minimum absolute atomic E-state index is 0.812. The van der Waals surface area contributed by atoms with Crippen LogP contribution in [0.25, 0.3) is 11.0 Å². The molecule has 1 aromatic heterocycles. The summed E-state index contributed by atoms with van der Waals surface area (Å²) in [6.45, 7) is 5.09. The summed E-state index contributed by atoms with van der Waals surface area (Å²) in [5, 5.41) is 3.43. The highest BCUT2D eigenvalue weighted by Gasteiger charge is 1.99. The first-order valence-electron chi connectivity index (χ1n) is 6.73. The van der Waals surface area contributed by atoms with Crippen LogP contribution in [0.4, 0.5) is 5.69 Å². The Hall–Kier alpha value is -2.42. The van der Waals surface area contributed by atoms with Crippen molar-refractivity contribution in [2.75, 3.05) is 5.32 Å². The molecule has 0 unspecified atom stereocenters. The van der Waals surface area contributed by atoms with Gasteiger partial charge in [-0.05, 0) is 48.7 Å². The summed E-state index contributed by atoms with van der Waals surface area (Å²) in [5.74, 6) is 0. The van der Waals surface area contributed by atoms with Crippen molar-refractivity contribution in [1.82, 2.24) is 9.97 Å². The van der Waals surface area contributed by atoms with Crippen molar-refractivity contribution in [3.05, 3.63) is 65.5 Å². The largest absolute Gasteiger partial charge is 0.381 e. The van der Waals surface area contributed by atoms with Crippen molar-refractivity contribution in [2.24, 2.45) is 0 Å². The highest BCUT2D eigenvalue weighted by Crippen LogP contribution is 2.17. The Balaban J connectivity index is 1.77.